The molecule has 2 rings (SSSR count). The first-order valence-electron chi connectivity index (χ1n) is 8.49. The monoisotopic (exact) mass is 367 g/mol. The molecule has 0 atom stereocenters. The van der Waals surface area contributed by atoms with Crippen LogP contribution in [0.15, 0.2) is 36.4 Å². The standard InChI is InChI=1S/C19H20F3NO3/c20-19(21,22)26-17-11-7-15(8-12-17)18(24)25-16-9-5-14(6-10-16)4-2-1-3-13-23/h1,3,7-8,11-12,14,16H,2,4-6,9-10H2/b3-1+. The molecule has 4 nitrogen and oxygen atoms in total. The molecule has 7 heteroatoms. The highest BCUT2D eigenvalue weighted by molar-refractivity contribution is 5.89. The van der Waals surface area contributed by atoms with Crippen molar-refractivity contribution in [3.05, 3.63) is 42.0 Å². The summed E-state index contributed by atoms with van der Waals surface area (Å²) in [7, 11) is 0. The Morgan fingerprint density at radius 3 is 2.42 bits per heavy atom. The lowest BCUT2D eigenvalue weighted by molar-refractivity contribution is -0.274. The molecule has 1 aromatic carbocycles. The summed E-state index contributed by atoms with van der Waals surface area (Å²) in [5.74, 6) is -0.351. The van der Waals surface area contributed by atoms with E-state index in [1.54, 1.807) is 0 Å². The molecule has 0 heterocycles. The third kappa shape index (κ3) is 6.79. The van der Waals surface area contributed by atoms with Crippen LogP contribution in [0, 0.1) is 17.2 Å². The van der Waals surface area contributed by atoms with Crippen LogP contribution in [-0.4, -0.2) is 18.4 Å². The average molecular weight is 367 g/mol. The van der Waals surface area contributed by atoms with Gasteiger partial charge in [-0.1, -0.05) is 6.08 Å². The van der Waals surface area contributed by atoms with Crippen LogP contribution in [0.4, 0.5) is 13.2 Å². The number of alkyl halides is 3. The fourth-order valence-corrected chi connectivity index (χ4v) is 3.02. The molecule has 0 amide bonds. The summed E-state index contributed by atoms with van der Waals surface area (Å²) < 4.78 is 45.6. The molecule has 1 saturated carbocycles. The molecular weight excluding hydrogens is 347 g/mol. The van der Waals surface area contributed by atoms with Crippen LogP contribution in [0.3, 0.4) is 0 Å². The average Bonchev–Trinajstić information content (AvgIpc) is 2.59. The lowest BCUT2D eigenvalue weighted by Gasteiger charge is -2.28. The highest BCUT2D eigenvalue weighted by Crippen LogP contribution is 2.30. The van der Waals surface area contributed by atoms with Crippen molar-refractivity contribution in [2.75, 3.05) is 0 Å². The molecule has 1 aromatic rings. The van der Waals surface area contributed by atoms with Gasteiger partial charge >= 0.3 is 12.3 Å². The minimum absolute atomic E-state index is 0.167. The highest BCUT2D eigenvalue weighted by atomic mass is 19.4. The molecular formula is C19H20F3NO3. The molecule has 26 heavy (non-hydrogen) atoms. The zero-order chi connectivity index (χ0) is 19.0. The molecule has 0 radical (unpaired) electrons. The number of esters is 1. The summed E-state index contributed by atoms with van der Waals surface area (Å²) in [6, 6.07) is 6.67. The van der Waals surface area contributed by atoms with Crippen molar-refractivity contribution in [3.63, 3.8) is 0 Å². The van der Waals surface area contributed by atoms with Crippen LogP contribution in [0.5, 0.6) is 5.75 Å². The number of allylic oxidation sites excluding steroid dienone is 2. The summed E-state index contributed by atoms with van der Waals surface area (Å²) >= 11 is 0. The van der Waals surface area contributed by atoms with Gasteiger partial charge in [-0.05, 0) is 68.7 Å². The van der Waals surface area contributed by atoms with Crippen molar-refractivity contribution in [1.29, 1.82) is 5.26 Å². The smallest absolute Gasteiger partial charge is 0.459 e. The van der Waals surface area contributed by atoms with Crippen LogP contribution in [-0.2, 0) is 4.74 Å². The predicted octanol–water partition coefficient (Wildman–Crippen LogP) is 5.16. The normalized spacial score (nSPS) is 20.5. The van der Waals surface area contributed by atoms with Crippen LogP contribution in [0.25, 0.3) is 0 Å². The minimum Gasteiger partial charge on any atom is -0.459 e. The Kier molecular flexibility index (Phi) is 7.07. The number of rotatable bonds is 6. The highest BCUT2D eigenvalue weighted by Gasteiger charge is 2.31. The van der Waals surface area contributed by atoms with Crippen molar-refractivity contribution in [2.24, 2.45) is 5.92 Å². The Balaban J connectivity index is 1.76. The van der Waals surface area contributed by atoms with Crippen molar-refractivity contribution in [1.82, 2.24) is 0 Å². The van der Waals surface area contributed by atoms with Crippen LogP contribution < -0.4 is 4.74 Å². The first-order valence-corrected chi connectivity index (χ1v) is 8.49. The number of halogens is 3. The molecule has 1 aliphatic rings. The second-order valence-corrected chi connectivity index (χ2v) is 6.23. The molecule has 0 unspecified atom stereocenters. The second kappa shape index (κ2) is 9.27. The second-order valence-electron chi connectivity index (χ2n) is 6.23. The van der Waals surface area contributed by atoms with Crippen molar-refractivity contribution in [3.8, 4) is 11.8 Å². The maximum Gasteiger partial charge on any atom is 0.573 e. The van der Waals surface area contributed by atoms with E-state index >= 15 is 0 Å². The number of nitrogens with zero attached hydrogens (tertiary/aromatic N) is 1. The molecule has 1 fully saturated rings. The van der Waals surface area contributed by atoms with E-state index in [2.05, 4.69) is 4.74 Å². The Bertz CT molecular complexity index is 654. The van der Waals surface area contributed by atoms with Gasteiger partial charge in [-0.15, -0.1) is 13.2 Å². The summed E-state index contributed by atoms with van der Waals surface area (Å²) in [4.78, 5) is 12.1. The fraction of sp³-hybridized carbons (Fsp3) is 0.474. The Morgan fingerprint density at radius 1 is 1.19 bits per heavy atom. The quantitative estimate of drug-likeness (QED) is 0.515. The number of hydrogen-bond acceptors (Lipinski definition) is 4. The van der Waals surface area contributed by atoms with Crippen LogP contribution in [0.1, 0.15) is 48.9 Å². The number of hydrogen-bond donors (Lipinski definition) is 0. The van der Waals surface area contributed by atoms with Gasteiger partial charge in [-0.2, -0.15) is 5.26 Å². The van der Waals surface area contributed by atoms with E-state index in [1.165, 1.54) is 18.2 Å². The summed E-state index contributed by atoms with van der Waals surface area (Å²) in [6.45, 7) is 0. The number of carbonyl (C=O) groups is 1. The molecule has 0 spiro atoms. The van der Waals surface area contributed by atoms with Crippen LogP contribution in [0.2, 0.25) is 0 Å². The lowest BCUT2D eigenvalue weighted by Crippen LogP contribution is -2.24. The van der Waals surface area contributed by atoms with E-state index in [9.17, 15) is 18.0 Å². The Hall–Kier alpha value is -2.49. The van der Waals surface area contributed by atoms with E-state index in [-0.39, 0.29) is 17.4 Å². The van der Waals surface area contributed by atoms with E-state index in [1.807, 2.05) is 12.1 Å². The van der Waals surface area contributed by atoms with Gasteiger partial charge in [0.15, 0.2) is 0 Å². The maximum absolute atomic E-state index is 12.1. The van der Waals surface area contributed by atoms with Gasteiger partial charge in [-0.3, -0.25) is 0 Å². The topological polar surface area (TPSA) is 59.3 Å². The van der Waals surface area contributed by atoms with E-state index in [0.717, 1.165) is 50.7 Å². The van der Waals surface area contributed by atoms with Gasteiger partial charge in [0, 0.05) is 6.08 Å². The Morgan fingerprint density at radius 2 is 1.85 bits per heavy atom. The lowest BCUT2D eigenvalue weighted by atomic mass is 9.84. The third-order valence-corrected chi connectivity index (χ3v) is 4.33. The number of carbonyl (C=O) groups excluding carboxylic acids is 1. The number of nitriles is 1. The maximum atomic E-state index is 12.1. The van der Waals surface area contributed by atoms with E-state index < -0.39 is 12.3 Å². The molecule has 0 N–H and O–H groups in total. The number of ether oxygens (including phenoxy) is 2. The van der Waals surface area contributed by atoms with Gasteiger partial charge in [0.1, 0.15) is 11.9 Å². The van der Waals surface area contributed by atoms with Gasteiger partial charge in [0.05, 0.1) is 11.6 Å². The summed E-state index contributed by atoms with van der Waals surface area (Å²) in [6.07, 6.45) is 3.75. The summed E-state index contributed by atoms with van der Waals surface area (Å²) in [5.41, 5.74) is 0.197. The van der Waals surface area contributed by atoms with E-state index in [0.29, 0.717) is 5.92 Å². The minimum atomic E-state index is -4.76. The Labute approximate surface area is 150 Å². The molecule has 0 saturated heterocycles. The van der Waals surface area contributed by atoms with Crippen molar-refractivity contribution in [2.45, 2.75) is 51.0 Å². The zero-order valence-electron chi connectivity index (χ0n) is 14.2. The SMILES string of the molecule is N#C/C=C/CCC1CCC(OC(=O)c2ccc(OC(F)(F)F)cc2)CC1. The van der Waals surface area contributed by atoms with Crippen LogP contribution >= 0.6 is 0 Å². The predicted molar refractivity (Wildman–Crippen MR) is 88.3 cm³/mol. The van der Waals surface area contributed by atoms with Crippen molar-refractivity contribution < 1.29 is 27.4 Å². The molecule has 1 aliphatic carbocycles. The van der Waals surface area contributed by atoms with Gasteiger partial charge in [0.25, 0.3) is 0 Å². The summed E-state index contributed by atoms with van der Waals surface area (Å²) in [5, 5.41) is 8.44. The molecule has 0 bridgehead atoms. The molecule has 0 aromatic heterocycles. The van der Waals surface area contributed by atoms with E-state index in [4.69, 9.17) is 10.00 Å². The first-order chi connectivity index (χ1) is 12.4. The molecule has 140 valence electrons. The first kappa shape index (κ1) is 19.8. The molecule has 0 aliphatic heterocycles. The fourth-order valence-electron chi connectivity index (χ4n) is 3.02. The van der Waals surface area contributed by atoms with Crippen molar-refractivity contribution >= 4 is 5.97 Å². The van der Waals surface area contributed by atoms with Gasteiger partial charge in [0.2, 0.25) is 0 Å². The number of benzene rings is 1. The largest absolute Gasteiger partial charge is 0.573 e. The van der Waals surface area contributed by atoms with Gasteiger partial charge in [-0.25, -0.2) is 4.79 Å². The third-order valence-electron chi connectivity index (χ3n) is 4.33. The zero-order valence-corrected chi connectivity index (χ0v) is 14.2. The van der Waals surface area contributed by atoms with Gasteiger partial charge < -0.3 is 9.47 Å².